The molecule has 1 nitrogen and oxygen atoms in total. The monoisotopic (exact) mass is 267 g/mol. The molecule has 1 N–H and O–H groups in total. The molecule has 0 amide bonds. The van der Waals surface area contributed by atoms with Crippen molar-refractivity contribution in [3.8, 4) is 11.1 Å². The molecule has 2 rings (SSSR count). The third-order valence-corrected chi connectivity index (χ3v) is 3.79. The van der Waals surface area contributed by atoms with Gasteiger partial charge in [0.2, 0.25) is 0 Å². The van der Waals surface area contributed by atoms with Crippen LogP contribution < -0.4 is 5.32 Å². The van der Waals surface area contributed by atoms with Crippen LogP contribution in [0.2, 0.25) is 0 Å². The molecule has 0 spiro atoms. The van der Waals surface area contributed by atoms with Crippen LogP contribution in [-0.2, 0) is 12.8 Å². The molecule has 106 valence electrons. The summed E-state index contributed by atoms with van der Waals surface area (Å²) in [6.07, 6.45) is 3.43. The zero-order valence-corrected chi connectivity index (χ0v) is 12.8. The van der Waals surface area contributed by atoms with Crippen molar-refractivity contribution >= 4 is 0 Å². The van der Waals surface area contributed by atoms with Crippen LogP contribution in [0.1, 0.15) is 31.4 Å². The highest BCUT2D eigenvalue weighted by Crippen LogP contribution is 2.22. The normalized spacial score (nSPS) is 12.3. The van der Waals surface area contributed by atoms with Gasteiger partial charge in [0.05, 0.1) is 0 Å². The number of benzene rings is 2. The van der Waals surface area contributed by atoms with Crippen LogP contribution in [0.5, 0.6) is 0 Å². The van der Waals surface area contributed by atoms with E-state index in [1.165, 1.54) is 28.7 Å². The second-order valence-electron chi connectivity index (χ2n) is 5.54. The van der Waals surface area contributed by atoms with Gasteiger partial charge in [0, 0.05) is 6.04 Å². The lowest BCUT2D eigenvalue weighted by Crippen LogP contribution is -2.23. The molecule has 0 bridgehead atoms. The SMILES string of the molecule is CCCc1cccc(-c2ccc(CC(C)NC)cc2)c1. The van der Waals surface area contributed by atoms with Crippen LogP contribution in [0.25, 0.3) is 11.1 Å². The summed E-state index contributed by atoms with van der Waals surface area (Å²) < 4.78 is 0. The predicted molar refractivity (Wildman–Crippen MR) is 88.1 cm³/mol. The molecule has 2 aromatic carbocycles. The van der Waals surface area contributed by atoms with E-state index < -0.39 is 0 Å². The summed E-state index contributed by atoms with van der Waals surface area (Å²) in [5, 5.41) is 3.28. The smallest absolute Gasteiger partial charge is 0.00761 e. The maximum absolute atomic E-state index is 3.28. The molecule has 1 unspecified atom stereocenters. The second kappa shape index (κ2) is 7.25. The standard InChI is InChI=1S/C19H25N/c1-4-6-16-7-5-8-19(14-16)18-11-9-17(10-12-18)13-15(2)20-3/h5,7-12,14-15,20H,4,6,13H2,1-3H3. The van der Waals surface area contributed by atoms with E-state index in [0.717, 1.165) is 12.8 Å². The number of rotatable bonds is 6. The number of hydrogen-bond acceptors (Lipinski definition) is 1. The first-order chi connectivity index (χ1) is 9.72. The van der Waals surface area contributed by atoms with Gasteiger partial charge in [0.1, 0.15) is 0 Å². The van der Waals surface area contributed by atoms with Gasteiger partial charge in [-0.2, -0.15) is 0 Å². The van der Waals surface area contributed by atoms with Crippen molar-refractivity contribution in [2.24, 2.45) is 0 Å². The summed E-state index contributed by atoms with van der Waals surface area (Å²) in [4.78, 5) is 0. The zero-order chi connectivity index (χ0) is 14.4. The molecular weight excluding hydrogens is 242 g/mol. The summed E-state index contributed by atoms with van der Waals surface area (Å²) >= 11 is 0. The minimum absolute atomic E-state index is 0.522. The summed E-state index contributed by atoms with van der Waals surface area (Å²) in [5.74, 6) is 0. The molecule has 0 aliphatic heterocycles. The predicted octanol–water partition coefficient (Wildman–Crippen LogP) is 4.46. The maximum atomic E-state index is 3.28. The molecule has 0 saturated carbocycles. The molecule has 0 radical (unpaired) electrons. The molecule has 0 fully saturated rings. The molecule has 0 aliphatic rings. The van der Waals surface area contributed by atoms with E-state index in [9.17, 15) is 0 Å². The van der Waals surface area contributed by atoms with Crippen LogP contribution in [0.15, 0.2) is 48.5 Å². The zero-order valence-electron chi connectivity index (χ0n) is 12.8. The summed E-state index contributed by atoms with van der Waals surface area (Å²) in [5.41, 5.74) is 5.45. The minimum Gasteiger partial charge on any atom is -0.317 e. The average Bonchev–Trinajstić information content (AvgIpc) is 2.48. The van der Waals surface area contributed by atoms with E-state index in [2.05, 4.69) is 67.7 Å². The first kappa shape index (κ1) is 14.8. The Balaban J connectivity index is 2.15. The lowest BCUT2D eigenvalue weighted by molar-refractivity contribution is 0.608. The van der Waals surface area contributed by atoms with Gasteiger partial charge < -0.3 is 5.32 Å². The van der Waals surface area contributed by atoms with E-state index in [1.54, 1.807) is 0 Å². The lowest BCUT2D eigenvalue weighted by atomic mass is 9.99. The fourth-order valence-corrected chi connectivity index (χ4v) is 2.48. The van der Waals surface area contributed by atoms with Gasteiger partial charge in [-0.05, 0) is 49.1 Å². The van der Waals surface area contributed by atoms with E-state index in [-0.39, 0.29) is 0 Å². The van der Waals surface area contributed by atoms with Gasteiger partial charge in [-0.15, -0.1) is 0 Å². The van der Waals surface area contributed by atoms with Gasteiger partial charge in [-0.3, -0.25) is 0 Å². The molecule has 0 heterocycles. The van der Waals surface area contributed by atoms with Gasteiger partial charge in [0.25, 0.3) is 0 Å². The Morgan fingerprint density at radius 2 is 1.70 bits per heavy atom. The fraction of sp³-hybridized carbons (Fsp3) is 0.368. The molecule has 2 aromatic rings. The van der Waals surface area contributed by atoms with Crippen molar-refractivity contribution in [2.75, 3.05) is 7.05 Å². The summed E-state index contributed by atoms with van der Waals surface area (Å²) in [6, 6.07) is 18.4. The first-order valence-corrected chi connectivity index (χ1v) is 7.58. The molecule has 20 heavy (non-hydrogen) atoms. The van der Waals surface area contributed by atoms with Gasteiger partial charge in [-0.1, -0.05) is 61.9 Å². The molecule has 0 aliphatic carbocycles. The van der Waals surface area contributed by atoms with Crippen LogP contribution in [-0.4, -0.2) is 13.1 Å². The highest BCUT2D eigenvalue weighted by Gasteiger charge is 2.02. The third-order valence-electron chi connectivity index (χ3n) is 3.79. The minimum atomic E-state index is 0.522. The van der Waals surface area contributed by atoms with E-state index in [0.29, 0.717) is 6.04 Å². The lowest BCUT2D eigenvalue weighted by Gasteiger charge is -2.11. The Morgan fingerprint density at radius 1 is 0.950 bits per heavy atom. The Bertz CT molecular complexity index is 528. The van der Waals surface area contributed by atoms with Crippen molar-refractivity contribution in [3.63, 3.8) is 0 Å². The van der Waals surface area contributed by atoms with E-state index in [1.807, 2.05) is 7.05 Å². The molecule has 0 aromatic heterocycles. The van der Waals surface area contributed by atoms with Crippen molar-refractivity contribution in [1.29, 1.82) is 0 Å². The second-order valence-corrected chi connectivity index (χ2v) is 5.54. The maximum Gasteiger partial charge on any atom is 0.00761 e. The summed E-state index contributed by atoms with van der Waals surface area (Å²) in [7, 11) is 2.01. The van der Waals surface area contributed by atoms with Crippen LogP contribution in [0.3, 0.4) is 0 Å². The van der Waals surface area contributed by atoms with Crippen molar-refractivity contribution in [3.05, 3.63) is 59.7 Å². The Hall–Kier alpha value is -1.60. The molecule has 1 atom stereocenters. The molecule has 0 saturated heterocycles. The van der Waals surface area contributed by atoms with E-state index >= 15 is 0 Å². The molecule has 1 heteroatoms. The van der Waals surface area contributed by atoms with Gasteiger partial charge >= 0.3 is 0 Å². The molecular formula is C19H25N. The Labute approximate surface area is 123 Å². The number of hydrogen-bond donors (Lipinski definition) is 1. The highest BCUT2D eigenvalue weighted by molar-refractivity contribution is 5.64. The van der Waals surface area contributed by atoms with Gasteiger partial charge in [0.15, 0.2) is 0 Å². The fourth-order valence-electron chi connectivity index (χ4n) is 2.48. The van der Waals surface area contributed by atoms with Crippen molar-refractivity contribution < 1.29 is 0 Å². The number of aryl methyl sites for hydroxylation is 1. The van der Waals surface area contributed by atoms with Crippen LogP contribution in [0, 0.1) is 0 Å². The van der Waals surface area contributed by atoms with Crippen molar-refractivity contribution in [2.45, 2.75) is 39.2 Å². The van der Waals surface area contributed by atoms with E-state index in [4.69, 9.17) is 0 Å². The summed E-state index contributed by atoms with van der Waals surface area (Å²) in [6.45, 7) is 4.44. The largest absolute Gasteiger partial charge is 0.317 e. The first-order valence-electron chi connectivity index (χ1n) is 7.58. The average molecular weight is 267 g/mol. The quantitative estimate of drug-likeness (QED) is 0.815. The van der Waals surface area contributed by atoms with Crippen molar-refractivity contribution in [1.82, 2.24) is 5.32 Å². The number of likely N-dealkylation sites (N-methyl/N-ethyl adjacent to an activating group) is 1. The number of nitrogens with one attached hydrogen (secondary N) is 1. The topological polar surface area (TPSA) is 12.0 Å². The highest BCUT2D eigenvalue weighted by atomic mass is 14.8. The van der Waals surface area contributed by atoms with Crippen LogP contribution >= 0.6 is 0 Å². The van der Waals surface area contributed by atoms with Crippen LogP contribution in [0.4, 0.5) is 0 Å². The van der Waals surface area contributed by atoms with Gasteiger partial charge in [-0.25, -0.2) is 0 Å². The Kier molecular flexibility index (Phi) is 5.37. The Morgan fingerprint density at radius 3 is 2.35 bits per heavy atom. The third kappa shape index (κ3) is 3.94.